The predicted molar refractivity (Wildman–Crippen MR) is 109 cm³/mol. The number of fused-ring (bicyclic) bond motifs is 1. The third kappa shape index (κ3) is 4.07. The van der Waals surface area contributed by atoms with Crippen LogP contribution in [0.2, 0.25) is 0 Å². The highest BCUT2D eigenvalue weighted by atomic mass is 16.5. The number of aromatic nitrogens is 1. The molecule has 28 heavy (non-hydrogen) atoms. The van der Waals surface area contributed by atoms with Crippen LogP contribution in [0.1, 0.15) is 34.8 Å². The zero-order chi connectivity index (χ0) is 20.3. The Morgan fingerprint density at radius 3 is 2.50 bits per heavy atom. The number of primary amides is 1. The number of benzene rings is 2. The minimum absolute atomic E-state index is 0.0941. The predicted octanol–water partition coefficient (Wildman–Crippen LogP) is 2.59. The van der Waals surface area contributed by atoms with Gasteiger partial charge in [0.25, 0.3) is 0 Å². The Balaban J connectivity index is 2.08. The number of nitrogens with two attached hydrogens (primary N) is 2. The number of rotatable bonds is 7. The first-order valence-electron chi connectivity index (χ1n) is 9.17. The van der Waals surface area contributed by atoms with Crippen molar-refractivity contribution >= 4 is 22.8 Å². The third-order valence-electron chi connectivity index (χ3n) is 5.06. The molecule has 0 spiro atoms. The smallest absolute Gasteiger partial charge is 0.307 e. The van der Waals surface area contributed by atoms with Crippen LogP contribution in [0, 0.1) is 6.92 Å². The minimum atomic E-state index is -0.476. The van der Waals surface area contributed by atoms with Gasteiger partial charge in [0.1, 0.15) is 0 Å². The molecule has 6 nitrogen and oxygen atoms in total. The van der Waals surface area contributed by atoms with E-state index in [4.69, 9.17) is 16.2 Å². The molecule has 1 unspecified atom stereocenters. The molecule has 0 bridgehead atoms. The first kappa shape index (κ1) is 19.6. The summed E-state index contributed by atoms with van der Waals surface area (Å²) in [5, 5.41) is 0.935. The summed E-state index contributed by atoms with van der Waals surface area (Å²) in [5.41, 5.74) is 16.6. The maximum atomic E-state index is 11.7. The third-order valence-corrected chi connectivity index (χ3v) is 5.06. The van der Waals surface area contributed by atoms with Gasteiger partial charge in [-0.25, -0.2) is 0 Å². The highest BCUT2D eigenvalue weighted by Gasteiger charge is 2.19. The molecule has 2 aromatic carbocycles. The number of esters is 1. The van der Waals surface area contributed by atoms with Crippen LogP contribution in [0.25, 0.3) is 10.9 Å². The second-order valence-corrected chi connectivity index (χ2v) is 6.94. The van der Waals surface area contributed by atoms with Gasteiger partial charge in [0.2, 0.25) is 5.91 Å². The summed E-state index contributed by atoms with van der Waals surface area (Å²) < 4.78 is 6.89. The average molecular weight is 379 g/mol. The molecule has 0 fully saturated rings. The average Bonchev–Trinajstić information content (AvgIpc) is 2.93. The van der Waals surface area contributed by atoms with E-state index in [2.05, 4.69) is 16.7 Å². The molecule has 6 heteroatoms. The van der Waals surface area contributed by atoms with Crippen molar-refractivity contribution in [2.75, 3.05) is 7.11 Å². The number of hydrogen-bond donors (Lipinski definition) is 2. The molecule has 0 aliphatic rings. The fourth-order valence-corrected chi connectivity index (χ4v) is 3.55. The number of amides is 1. The van der Waals surface area contributed by atoms with Crippen molar-refractivity contribution in [3.05, 3.63) is 70.9 Å². The lowest BCUT2D eigenvalue weighted by Crippen LogP contribution is -2.16. The lowest BCUT2D eigenvalue weighted by molar-refractivity contribution is -0.141. The van der Waals surface area contributed by atoms with E-state index >= 15 is 0 Å². The highest BCUT2D eigenvalue weighted by Crippen LogP contribution is 2.30. The maximum absolute atomic E-state index is 11.7. The topological polar surface area (TPSA) is 100 Å². The van der Waals surface area contributed by atoms with Gasteiger partial charge in [0.15, 0.2) is 0 Å². The number of carbonyl (C=O) groups is 2. The summed E-state index contributed by atoms with van der Waals surface area (Å²) in [6.07, 6.45) is 0.247. The monoisotopic (exact) mass is 379 g/mol. The fraction of sp³-hybridized carbons (Fsp3) is 0.273. The summed E-state index contributed by atoms with van der Waals surface area (Å²) in [6, 6.07) is 15.5. The number of nitrogens with zero attached hydrogens (tertiary/aromatic N) is 1. The van der Waals surface area contributed by atoms with Crippen molar-refractivity contribution in [3.8, 4) is 0 Å². The molecular weight excluding hydrogens is 354 g/mol. The van der Waals surface area contributed by atoms with Crippen molar-refractivity contribution in [1.29, 1.82) is 0 Å². The Bertz CT molecular complexity index is 1010. The van der Waals surface area contributed by atoms with Crippen LogP contribution < -0.4 is 11.5 Å². The van der Waals surface area contributed by atoms with Crippen molar-refractivity contribution in [2.24, 2.45) is 11.5 Å². The van der Waals surface area contributed by atoms with Crippen LogP contribution in [0.5, 0.6) is 0 Å². The minimum Gasteiger partial charge on any atom is -0.469 e. The molecule has 0 saturated carbocycles. The molecule has 146 valence electrons. The van der Waals surface area contributed by atoms with Gasteiger partial charge < -0.3 is 20.8 Å². The quantitative estimate of drug-likeness (QED) is 0.616. The molecule has 3 rings (SSSR count). The van der Waals surface area contributed by atoms with Crippen LogP contribution >= 0.6 is 0 Å². The second-order valence-electron chi connectivity index (χ2n) is 6.94. The maximum Gasteiger partial charge on any atom is 0.307 e. The molecule has 1 heterocycles. The molecule has 4 N–H and O–H groups in total. The summed E-state index contributed by atoms with van der Waals surface area (Å²) in [5.74, 6) is -0.742. The molecule has 1 atom stereocenters. The van der Waals surface area contributed by atoms with Crippen LogP contribution in [-0.2, 0) is 27.3 Å². The Labute approximate surface area is 164 Å². The zero-order valence-corrected chi connectivity index (χ0v) is 16.1. The molecule has 0 aliphatic carbocycles. The van der Waals surface area contributed by atoms with Gasteiger partial charge in [0.05, 0.1) is 20.0 Å². The summed E-state index contributed by atoms with van der Waals surface area (Å²) in [6.45, 7) is 2.69. The van der Waals surface area contributed by atoms with Crippen LogP contribution in [-0.4, -0.2) is 23.6 Å². The summed E-state index contributed by atoms with van der Waals surface area (Å²) in [4.78, 5) is 23.2. The summed E-state index contributed by atoms with van der Waals surface area (Å²) >= 11 is 0. The van der Waals surface area contributed by atoms with Gasteiger partial charge >= 0.3 is 5.97 Å². The lowest BCUT2D eigenvalue weighted by atomic mass is 10.00. The number of hydrogen-bond acceptors (Lipinski definition) is 4. The largest absolute Gasteiger partial charge is 0.469 e. The molecule has 1 aromatic heterocycles. The van der Waals surface area contributed by atoms with Gasteiger partial charge in [0, 0.05) is 29.2 Å². The Morgan fingerprint density at radius 1 is 1.14 bits per heavy atom. The Kier molecular flexibility index (Phi) is 5.80. The normalized spacial score (nSPS) is 12.1. The zero-order valence-electron chi connectivity index (χ0n) is 16.1. The second kappa shape index (κ2) is 8.27. The first-order chi connectivity index (χ1) is 13.4. The lowest BCUT2D eigenvalue weighted by Gasteiger charge is -2.12. The van der Waals surface area contributed by atoms with E-state index in [-0.39, 0.29) is 24.7 Å². The molecular formula is C22H25N3O3. The highest BCUT2D eigenvalue weighted by molar-refractivity contribution is 5.91. The van der Waals surface area contributed by atoms with Crippen LogP contribution in [0.15, 0.2) is 48.5 Å². The SMILES string of the molecule is COC(=O)CC(N)c1ccc2c(c1)c(CC(N)=O)c(C)n2Cc1ccccc1. The van der Waals surface area contributed by atoms with E-state index in [0.29, 0.717) is 6.54 Å². The van der Waals surface area contributed by atoms with Crippen molar-refractivity contribution in [3.63, 3.8) is 0 Å². The Morgan fingerprint density at radius 2 is 1.86 bits per heavy atom. The van der Waals surface area contributed by atoms with Gasteiger partial charge in [-0.15, -0.1) is 0 Å². The molecule has 1 amide bonds. The molecule has 0 radical (unpaired) electrons. The molecule has 3 aromatic rings. The number of methoxy groups -OCH3 is 1. The van der Waals surface area contributed by atoms with E-state index in [0.717, 1.165) is 27.7 Å². The van der Waals surface area contributed by atoms with Gasteiger partial charge in [-0.2, -0.15) is 0 Å². The van der Waals surface area contributed by atoms with E-state index in [1.807, 2.05) is 43.3 Å². The number of carbonyl (C=O) groups excluding carboxylic acids is 2. The van der Waals surface area contributed by atoms with Gasteiger partial charge in [-0.05, 0) is 35.7 Å². The first-order valence-corrected chi connectivity index (χ1v) is 9.17. The van der Waals surface area contributed by atoms with Gasteiger partial charge in [-0.1, -0.05) is 36.4 Å². The summed E-state index contributed by atoms with van der Waals surface area (Å²) in [7, 11) is 1.34. The Hall–Kier alpha value is -3.12. The van der Waals surface area contributed by atoms with Crippen LogP contribution in [0.4, 0.5) is 0 Å². The van der Waals surface area contributed by atoms with E-state index in [9.17, 15) is 9.59 Å². The van der Waals surface area contributed by atoms with E-state index in [1.54, 1.807) is 0 Å². The molecule has 0 aliphatic heterocycles. The standard InChI is InChI=1S/C22H25N3O3/c1-14-17(11-21(24)26)18-10-16(19(23)12-22(27)28-2)8-9-20(18)25(14)13-15-6-4-3-5-7-15/h3-10,19H,11-13,23H2,1-2H3,(H2,24,26). The van der Waals surface area contributed by atoms with Crippen LogP contribution in [0.3, 0.4) is 0 Å². The van der Waals surface area contributed by atoms with Crippen molar-refractivity contribution in [2.45, 2.75) is 32.4 Å². The fourth-order valence-electron chi connectivity index (χ4n) is 3.55. The van der Waals surface area contributed by atoms with E-state index < -0.39 is 6.04 Å². The van der Waals surface area contributed by atoms with Crippen molar-refractivity contribution < 1.29 is 14.3 Å². The number of ether oxygens (including phenoxy) is 1. The van der Waals surface area contributed by atoms with Crippen molar-refractivity contribution in [1.82, 2.24) is 4.57 Å². The van der Waals surface area contributed by atoms with E-state index in [1.165, 1.54) is 12.7 Å². The van der Waals surface area contributed by atoms with Gasteiger partial charge in [-0.3, -0.25) is 9.59 Å². The molecule has 0 saturated heterocycles.